The number of likely N-dealkylation sites (tertiary alicyclic amines) is 1. The Bertz CT molecular complexity index is 372. The van der Waals surface area contributed by atoms with Gasteiger partial charge in [-0.25, -0.2) is 9.59 Å². The van der Waals surface area contributed by atoms with Crippen LogP contribution in [0.1, 0.15) is 52.4 Å². The molecular formula is C14H24N2O3. The molecule has 2 fully saturated rings. The number of amides is 2. The molecular weight excluding hydrogens is 244 g/mol. The van der Waals surface area contributed by atoms with Crippen molar-refractivity contribution < 1.29 is 14.7 Å². The van der Waals surface area contributed by atoms with Crippen LogP contribution in [0, 0.1) is 5.92 Å². The minimum Gasteiger partial charge on any atom is -0.480 e. The third kappa shape index (κ3) is 2.85. The molecule has 108 valence electrons. The number of carboxylic acids is 1. The molecule has 2 N–H and O–H groups in total. The van der Waals surface area contributed by atoms with E-state index in [1.807, 2.05) is 0 Å². The van der Waals surface area contributed by atoms with Crippen LogP contribution < -0.4 is 5.32 Å². The molecule has 0 aromatic rings. The summed E-state index contributed by atoms with van der Waals surface area (Å²) in [5, 5.41) is 12.4. The zero-order valence-corrected chi connectivity index (χ0v) is 11.8. The average Bonchev–Trinajstić information content (AvgIpc) is 3.08. The van der Waals surface area contributed by atoms with E-state index in [9.17, 15) is 14.7 Å². The van der Waals surface area contributed by atoms with Crippen molar-refractivity contribution in [3.05, 3.63) is 0 Å². The van der Waals surface area contributed by atoms with Crippen molar-refractivity contribution >= 4 is 12.0 Å². The third-order valence-corrected chi connectivity index (χ3v) is 4.49. The maximum atomic E-state index is 12.3. The van der Waals surface area contributed by atoms with Crippen LogP contribution in [0.5, 0.6) is 0 Å². The van der Waals surface area contributed by atoms with Crippen LogP contribution in [-0.4, -0.2) is 40.1 Å². The largest absolute Gasteiger partial charge is 0.480 e. The summed E-state index contributed by atoms with van der Waals surface area (Å²) in [4.78, 5) is 25.2. The molecule has 3 atom stereocenters. The highest BCUT2D eigenvalue weighted by molar-refractivity contribution is 5.86. The number of aliphatic carboxylic acids is 1. The molecule has 1 saturated carbocycles. The predicted molar refractivity (Wildman–Crippen MR) is 71.9 cm³/mol. The summed E-state index contributed by atoms with van der Waals surface area (Å²) in [5.41, 5.74) is -1.04. The maximum absolute atomic E-state index is 12.3. The normalized spacial score (nSPS) is 33.9. The summed E-state index contributed by atoms with van der Waals surface area (Å²) in [6.07, 6.45) is 5.61. The van der Waals surface area contributed by atoms with E-state index in [1.54, 1.807) is 6.92 Å². The highest BCUT2D eigenvalue weighted by atomic mass is 16.4. The third-order valence-electron chi connectivity index (χ3n) is 4.49. The first-order chi connectivity index (χ1) is 8.99. The van der Waals surface area contributed by atoms with Gasteiger partial charge < -0.3 is 15.3 Å². The lowest BCUT2D eigenvalue weighted by atomic mass is 9.89. The Balaban J connectivity index is 1.95. The highest BCUT2D eigenvalue weighted by Gasteiger charge is 2.46. The zero-order chi connectivity index (χ0) is 14.0. The van der Waals surface area contributed by atoms with Crippen molar-refractivity contribution in [3.63, 3.8) is 0 Å². The van der Waals surface area contributed by atoms with E-state index in [2.05, 4.69) is 12.2 Å². The first-order valence-corrected chi connectivity index (χ1v) is 7.30. The van der Waals surface area contributed by atoms with E-state index in [0.29, 0.717) is 18.9 Å². The number of hydrogen-bond donors (Lipinski definition) is 2. The molecule has 1 heterocycles. The van der Waals surface area contributed by atoms with Gasteiger partial charge in [0.15, 0.2) is 0 Å². The predicted octanol–water partition coefficient (Wildman–Crippen LogP) is 2.21. The fourth-order valence-electron chi connectivity index (χ4n) is 3.02. The molecule has 2 rings (SSSR count). The van der Waals surface area contributed by atoms with Crippen LogP contribution in [-0.2, 0) is 4.79 Å². The lowest BCUT2D eigenvalue weighted by molar-refractivity contribution is -0.150. The molecule has 1 aliphatic heterocycles. The van der Waals surface area contributed by atoms with E-state index < -0.39 is 11.5 Å². The first-order valence-electron chi connectivity index (χ1n) is 7.30. The maximum Gasteiger partial charge on any atom is 0.329 e. The Kier molecular flexibility index (Phi) is 4.02. The fraction of sp³-hybridized carbons (Fsp3) is 0.857. The Morgan fingerprint density at radius 3 is 2.79 bits per heavy atom. The number of piperidine rings is 1. The Hall–Kier alpha value is -1.26. The minimum atomic E-state index is -1.04. The smallest absolute Gasteiger partial charge is 0.329 e. The molecule has 19 heavy (non-hydrogen) atoms. The highest BCUT2D eigenvalue weighted by Crippen LogP contribution is 2.35. The lowest BCUT2D eigenvalue weighted by Gasteiger charge is -2.41. The number of hydrogen-bond acceptors (Lipinski definition) is 2. The minimum absolute atomic E-state index is 0.201. The van der Waals surface area contributed by atoms with Gasteiger partial charge in [-0.1, -0.05) is 13.3 Å². The van der Waals surface area contributed by atoms with Crippen molar-refractivity contribution in [2.24, 2.45) is 5.92 Å². The quantitative estimate of drug-likeness (QED) is 0.821. The standard InChI is InChI=1S/C14H24N2O3/c1-3-6-10-9-11(10)15-13(19)16-8-5-4-7-14(16,2)12(17)18/h10-11H,3-9H2,1-2H3,(H,15,19)(H,17,18). The van der Waals surface area contributed by atoms with E-state index in [1.165, 1.54) is 4.90 Å². The average molecular weight is 268 g/mol. The molecule has 3 unspecified atom stereocenters. The van der Waals surface area contributed by atoms with E-state index in [4.69, 9.17) is 0 Å². The molecule has 0 aromatic carbocycles. The topological polar surface area (TPSA) is 69.6 Å². The van der Waals surface area contributed by atoms with Gasteiger partial charge in [0.05, 0.1) is 0 Å². The second-order valence-corrected chi connectivity index (χ2v) is 6.03. The molecule has 0 aromatic heterocycles. The van der Waals surface area contributed by atoms with Crippen LogP contribution in [0.3, 0.4) is 0 Å². The first kappa shape index (κ1) is 14.2. The van der Waals surface area contributed by atoms with Crippen LogP contribution in [0.15, 0.2) is 0 Å². The molecule has 1 saturated heterocycles. The van der Waals surface area contributed by atoms with E-state index in [0.717, 1.165) is 32.1 Å². The molecule has 0 spiro atoms. The van der Waals surface area contributed by atoms with Gasteiger partial charge in [-0.3, -0.25) is 0 Å². The number of carboxylic acid groups (broad SMARTS) is 1. The van der Waals surface area contributed by atoms with Crippen molar-refractivity contribution in [1.82, 2.24) is 10.2 Å². The van der Waals surface area contributed by atoms with Gasteiger partial charge in [0, 0.05) is 12.6 Å². The summed E-state index contributed by atoms with van der Waals surface area (Å²) in [7, 11) is 0. The Labute approximate surface area is 114 Å². The Morgan fingerprint density at radius 1 is 1.42 bits per heavy atom. The second-order valence-electron chi connectivity index (χ2n) is 6.03. The van der Waals surface area contributed by atoms with Crippen LogP contribution >= 0.6 is 0 Å². The lowest BCUT2D eigenvalue weighted by Crippen LogP contribution is -2.60. The Morgan fingerprint density at radius 2 is 2.16 bits per heavy atom. The van der Waals surface area contributed by atoms with Crippen LogP contribution in [0.4, 0.5) is 4.79 Å². The van der Waals surface area contributed by atoms with Crippen LogP contribution in [0.2, 0.25) is 0 Å². The monoisotopic (exact) mass is 268 g/mol. The number of carbonyl (C=O) groups is 2. The molecule has 5 heteroatoms. The molecule has 2 aliphatic rings. The molecule has 0 bridgehead atoms. The second kappa shape index (κ2) is 5.39. The van der Waals surface area contributed by atoms with Crippen molar-refractivity contribution in [2.45, 2.75) is 64.0 Å². The molecule has 0 radical (unpaired) electrons. The van der Waals surface area contributed by atoms with Gasteiger partial charge in [0.1, 0.15) is 5.54 Å². The summed E-state index contributed by atoms with van der Waals surface area (Å²) in [6.45, 7) is 4.34. The molecule has 2 amide bonds. The number of carbonyl (C=O) groups excluding carboxylic acids is 1. The molecule has 1 aliphatic carbocycles. The van der Waals surface area contributed by atoms with Gasteiger partial charge in [-0.05, 0) is 44.9 Å². The van der Waals surface area contributed by atoms with Crippen molar-refractivity contribution in [3.8, 4) is 0 Å². The number of nitrogens with one attached hydrogen (secondary N) is 1. The summed E-state index contributed by atoms with van der Waals surface area (Å²) < 4.78 is 0. The van der Waals surface area contributed by atoms with Gasteiger partial charge in [0.2, 0.25) is 0 Å². The van der Waals surface area contributed by atoms with Gasteiger partial charge in [-0.15, -0.1) is 0 Å². The summed E-state index contributed by atoms with van der Waals surface area (Å²) in [5.74, 6) is -0.307. The van der Waals surface area contributed by atoms with Gasteiger partial charge >= 0.3 is 12.0 Å². The zero-order valence-electron chi connectivity index (χ0n) is 11.8. The van der Waals surface area contributed by atoms with E-state index in [-0.39, 0.29) is 12.1 Å². The number of nitrogens with zero attached hydrogens (tertiary/aromatic N) is 1. The van der Waals surface area contributed by atoms with E-state index >= 15 is 0 Å². The fourth-order valence-corrected chi connectivity index (χ4v) is 3.02. The number of rotatable bonds is 4. The SMILES string of the molecule is CCCC1CC1NC(=O)N1CCCCC1(C)C(=O)O. The van der Waals surface area contributed by atoms with Crippen molar-refractivity contribution in [1.29, 1.82) is 0 Å². The molecule has 5 nitrogen and oxygen atoms in total. The van der Waals surface area contributed by atoms with Gasteiger partial charge in [0.25, 0.3) is 0 Å². The van der Waals surface area contributed by atoms with Gasteiger partial charge in [-0.2, -0.15) is 0 Å². The summed E-state index contributed by atoms with van der Waals surface area (Å²) in [6, 6.07) is 0.0561. The summed E-state index contributed by atoms with van der Waals surface area (Å²) >= 11 is 0. The van der Waals surface area contributed by atoms with Crippen LogP contribution in [0.25, 0.3) is 0 Å². The van der Waals surface area contributed by atoms with Crippen molar-refractivity contribution in [2.75, 3.05) is 6.54 Å². The number of urea groups is 1.